The lowest BCUT2D eigenvalue weighted by Gasteiger charge is -2.16. The predicted octanol–water partition coefficient (Wildman–Crippen LogP) is 2.09. The normalized spacial score (nSPS) is 14.8. The lowest BCUT2D eigenvalue weighted by molar-refractivity contribution is -0.117. The number of rotatable bonds is 7. The zero-order valence-electron chi connectivity index (χ0n) is 16.8. The highest BCUT2D eigenvalue weighted by Crippen LogP contribution is 2.21. The summed E-state index contributed by atoms with van der Waals surface area (Å²) >= 11 is 0. The summed E-state index contributed by atoms with van der Waals surface area (Å²) in [6.07, 6.45) is 1.48. The Balaban J connectivity index is 1.49. The Morgan fingerprint density at radius 1 is 1.13 bits per heavy atom. The van der Waals surface area contributed by atoms with Gasteiger partial charge >= 0.3 is 0 Å². The first kappa shape index (κ1) is 21.8. The van der Waals surface area contributed by atoms with Gasteiger partial charge in [0.1, 0.15) is 10.7 Å². The molecular formula is C21H25FN4O3S. The van der Waals surface area contributed by atoms with E-state index in [-0.39, 0.29) is 23.1 Å². The van der Waals surface area contributed by atoms with Crippen LogP contribution in [0.3, 0.4) is 0 Å². The maximum atomic E-state index is 13.7. The molecular weight excluding hydrogens is 407 g/mol. The second-order valence-electron chi connectivity index (χ2n) is 6.92. The number of anilines is 1. The van der Waals surface area contributed by atoms with Gasteiger partial charge in [0.25, 0.3) is 0 Å². The number of amides is 1. The van der Waals surface area contributed by atoms with Crippen molar-refractivity contribution in [2.24, 2.45) is 4.99 Å². The third-order valence-electron chi connectivity index (χ3n) is 4.84. The van der Waals surface area contributed by atoms with Gasteiger partial charge in [-0.05, 0) is 36.2 Å². The van der Waals surface area contributed by atoms with Crippen LogP contribution in [0.25, 0.3) is 0 Å². The molecule has 0 radical (unpaired) electrons. The van der Waals surface area contributed by atoms with E-state index in [0.717, 1.165) is 30.3 Å². The topological polar surface area (TPSA) is 90.9 Å². The van der Waals surface area contributed by atoms with E-state index in [1.165, 1.54) is 18.2 Å². The maximum absolute atomic E-state index is 13.7. The first-order valence-corrected chi connectivity index (χ1v) is 11.4. The van der Waals surface area contributed by atoms with Crippen LogP contribution in [0.4, 0.5) is 10.1 Å². The molecule has 0 atom stereocenters. The van der Waals surface area contributed by atoms with E-state index in [1.54, 1.807) is 11.9 Å². The SMILES string of the molecule is CN=C(NCCS(=O)(=O)c1ccccc1F)NCc1ccc(N2CCCC2=O)cc1. The molecule has 2 aromatic rings. The summed E-state index contributed by atoms with van der Waals surface area (Å²) in [7, 11) is -2.15. The number of carbonyl (C=O) groups excluding carboxylic acids is 1. The van der Waals surface area contributed by atoms with Gasteiger partial charge in [0.2, 0.25) is 5.91 Å². The van der Waals surface area contributed by atoms with Crippen molar-refractivity contribution >= 4 is 27.4 Å². The van der Waals surface area contributed by atoms with E-state index in [2.05, 4.69) is 15.6 Å². The van der Waals surface area contributed by atoms with Gasteiger partial charge in [-0.2, -0.15) is 0 Å². The highest BCUT2D eigenvalue weighted by molar-refractivity contribution is 7.91. The molecule has 1 saturated heterocycles. The van der Waals surface area contributed by atoms with E-state index in [0.29, 0.717) is 18.9 Å². The molecule has 1 fully saturated rings. The van der Waals surface area contributed by atoms with Crippen LogP contribution in [0.2, 0.25) is 0 Å². The highest BCUT2D eigenvalue weighted by Gasteiger charge is 2.21. The molecule has 0 aliphatic carbocycles. The van der Waals surface area contributed by atoms with Gasteiger partial charge in [-0.1, -0.05) is 24.3 Å². The molecule has 1 aliphatic rings. The van der Waals surface area contributed by atoms with Gasteiger partial charge in [-0.25, -0.2) is 12.8 Å². The van der Waals surface area contributed by atoms with Crippen molar-refractivity contribution in [3.8, 4) is 0 Å². The molecule has 30 heavy (non-hydrogen) atoms. The van der Waals surface area contributed by atoms with E-state index in [9.17, 15) is 17.6 Å². The monoisotopic (exact) mass is 432 g/mol. The third kappa shape index (κ3) is 5.35. The van der Waals surface area contributed by atoms with Gasteiger partial charge in [0.05, 0.1) is 5.75 Å². The molecule has 2 aromatic carbocycles. The van der Waals surface area contributed by atoms with E-state index >= 15 is 0 Å². The largest absolute Gasteiger partial charge is 0.355 e. The summed E-state index contributed by atoms with van der Waals surface area (Å²) in [6, 6.07) is 13.0. The minimum Gasteiger partial charge on any atom is -0.355 e. The molecule has 1 heterocycles. The number of carbonyl (C=O) groups is 1. The van der Waals surface area contributed by atoms with E-state index in [1.807, 2.05) is 24.3 Å². The van der Waals surface area contributed by atoms with Crippen LogP contribution in [0.1, 0.15) is 18.4 Å². The Morgan fingerprint density at radius 3 is 2.50 bits per heavy atom. The minimum atomic E-state index is -3.73. The molecule has 1 amide bonds. The lowest BCUT2D eigenvalue weighted by atomic mass is 10.2. The number of hydrogen-bond donors (Lipinski definition) is 2. The number of aliphatic imine (C=N–C) groups is 1. The van der Waals surface area contributed by atoms with Gasteiger partial charge in [0.15, 0.2) is 15.8 Å². The molecule has 7 nitrogen and oxygen atoms in total. The number of hydrogen-bond acceptors (Lipinski definition) is 4. The molecule has 160 valence electrons. The standard InChI is InChI=1S/C21H25FN4O3S/c1-23-21(24-12-14-30(28,29)19-6-3-2-5-18(19)22)25-15-16-8-10-17(11-9-16)26-13-4-7-20(26)27/h2-3,5-6,8-11H,4,7,12-15H2,1H3,(H2,23,24,25). The summed E-state index contributed by atoms with van der Waals surface area (Å²) in [4.78, 5) is 17.4. The number of sulfone groups is 1. The van der Waals surface area contributed by atoms with Crippen molar-refractivity contribution in [3.05, 3.63) is 59.9 Å². The summed E-state index contributed by atoms with van der Waals surface area (Å²) in [5.41, 5.74) is 1.88. The smallest absolute Gasteiger partial charge is 0.227 e. The van der Waals surface area contributed by atoms with Gasteiger partial charge in [0, 0.05) is 38.8 Å². The summed E-state index contributed by atoms with van der Waals surface area (Å²) in [5.74, 6) is -0.417. The van der Waals surface area contributed by atoms with Gasteiger partial charge in [-0.3, -0.25) is 9.79 Å². The van der Waals surface area contributed by atoms with Crippen molar-refractivity contribution in [2.75, 3.05) is 30.8 Å². The fraction of sp³-hybridized carbons (Fsp3) is 0.333. The number of benzene rings is 2. The van der Waals surface area contributed by atoms with E-state index < -0.39 is 15.7 Å². The number of halogens is 1. The van der Waals surface area contributed by atoms with Crippen LogP contribution in [0.5, 0.6) is 0 Å². The molecule has 0 spiro atoms. The average Bonchev–Trinajstić information content (AvgIpc) is 3.17. The Bertz CT molecular complexity index is 1020. The number of nitrogens with zero attached hydrogens (tertiary/aromatic N) is 2. The third-order valence-corrected chi connectivity index (χ3v) is 6.58. The fourth-order valence-electron chi connectivity index (χ4n) is 3.23. The second kappa shape index (κ2) is 9.71. The van der Waals surface area contributed by atoms with Gasteiger partial charge in [-0.15, -0.1) is 0 Å². The first-order valence-electron chi connectivity index (χ1n) is 9.72. The molecule has 9 heteroatoms. The van der Waals surface area contributed by atoms with E-state index in [4.69, 9.17) is 0 Å². The Labute approximate surface area is 175 Å². The fourth-order valence-corrected chi connectivity index (χ4v) is 4.47. The summed E-state index contributed by atoms with van der Waals surface area (Å²) < 4.78 is 38.3. The molecule has 0 aromatic heterocycles. The molecule has 0 bridgehead atoms. The Morgan fingerprint density at radius 2 is 1.87 bits per heavy atom. The molecule has 0 saturated carbocycles. The number of nitrogens with one attached hydrogen (secondary N) is 2. The molecule has 0 unspecified atom stereocenters. The quantitative estimate of drug-likeness (QED) is 0.517. The van der Waals surface area contributed by atoms with Crippen molar-refractivity contribution in [1.29, 1.82) is 0 Å². The van der Waals surface area contributed by atoms with Crippen LogP contribution >= 0.6 is 0 Å². The minimum absolute atomic E-state index is 0.0896. The van der Waals surface area contributed by atoms with Crippen LogP contribution in [0.15, 0.2) is 58.4 Å². The lowest BCUT2D eigenvalue weighted by Crippen LogP contribution is -2.39. The van der Waals surface area contributed by atoms with Crippen molar-refractivity contribution in [3.63, 3.8) is 0 Å². The Hall–Kier alpha value is -2.94. The maximum Gasteiger partial charge on any atom is 0.227 e. The molecule has 3 rings (SSSR count). The average molecular weight is 433 g/mol. The predicted molar refractivity (Wildman–Crippen MR) is 115 cm³/mol. The second-order valence-corrected chi connectivity index (χ2v) is 8.99. The zero-order chi connectivity index (χ0) is 21.6. The van der Waals surface area contributed by atoms with Crippen LogP contribution < -0.4 is 15.5 Å². The van der Waals surface area contributed by atoms with Gasteiger partial charge < -0.3 is 15.5 Å². The van der Waals surface area contributed by atoms with Crippen molar-refractivity contribution in [2.45, 2.75) is 24.3 Å². The highest BCUT2D eigenvalue weighted by atomic mass is 32.2. The van der Waals surface area contributed by atoms with Crippen LogP contribution in [-0.2, 0) is 21.2 Å². The zero-order valence-corrected chi connectivity index (χ0v) is 17.6. The Kier molecular flexibility index (Phi) is 7.04. The summed E-state index contributed by atoms with van der Waals surface area (Å²) in [5, 5.41) is 6.04. The van der Waals surface area contributed by atoms with Crippen molar-refractivity contribution < 1.29 is 17.6 Å². The van der Waals surface area contributed by atoms with Crippen LogP contribution in [-0.4, -0.2) is 46.2 Å². The summed E-state index contributed by atoms with van der Waals surface area (Å²) in [6.45, 7) is 1.32. The molecule has 2 N–H and O–H groups in total. The number of guanidine groups is 1. The first-order chi connectivity index (χ1) is 14.4. The molecule has 1 aliphatic heterocycles. The van der Waals surface area contributed by atoms with Crippen LogP contribution in [0, 0.1) is 5.82 Å². The van der Waals surface area contributed by atoms with Crippen molar-refractivity contribution in [1.82, 2.24) is 10.6 Å².